The van der Waals surface area contributed by atoms with Gasteiger partial charge in [0.15, 0.2) is 35.0 Å². The molecule has 3 heterocycles. The van der Waals surface area contributed by atoms with Crippen molar-refractivity contribution in [3.8, 4) is 5.88 Å². The van der Waals surface area contributed by atoms with Crippen molar-refractivity contribution >= 4 is 22.7 Å². The van der Waals surface area contributed by atoms with Crippen LogP contribution in [0.4, 0.5) is 8.78 Å². The Balaban J connectivity index is 1.33. The molecule has 13 heteroatoms. The number of benzene rings is 1. The molecule has 0 bridgehead atoms. The minimum atomic E-state index is -1.09. The van der Waals surface area contributed by atoms with Crippen LogP contribution in [-0.2, 0) is 23.3 Å². The molecular weight excluding hydrogens is 506 g/mol. The second-order valence-electron chi connectivity index (χ2n) is 9.26. The molecule has 2 N–H and O–H groups in total. The lowest BCUT2D eigenvalue weighted by atomic mass is 9.84. The van der Waals surface area contributed by atoms with E-state index in [0.29, 0.717) is 29.6 Å². The van der Waals surface area contributed by atoms with E-state index in [1.807, 2.05) is 0 Å². The van der Waals surface area contributed by atoms with Crippen LogP contribution in [-0.4, -0.2) is 49.5 Å². The van der Waals surface area contributed by atoms with Gasteiger partial charge in [-0.2, -0.15) is 4.98 Å². The minimum Gasteiger partial charge on any atom is -0.466 e. The van der Waals surface area contributed by atoms with Gasteiger partial charge in [0, 0.05) is 25.0 Å². The van der Waals surface area contributed by atoms with Crippen molar-refractivity contribution in [1.29, 1.82) is 0 Å². The van der Waals surface area contributed by atoms with Crippen LogP contribution in [0.3, 0.4) is 0 Å². The third-order valence-electron chi connectivity index (χ3n) is 6.57. The maximum Gasteiger partial charge on any atom is 0.264 e. The number of hydrogen-bond acceptors (Lipinski definition) is 11. The molecule has 3 atom stereocenters. The molecule has 0 radical (unpaired) electrons. The average molecular weight is 531 g/mol. The number of methoxy groups -OCH3 is 1. The van der Waals surface area contributed by atoms with E-state index in [1.54, 1.807) is 21.0 Å². The maximum atomic E-state index is 15.1. The summed E-state index contributed by atoms with van der Waals surface area (Å²) in [4.78, 5) is 29.6. The zero-order chi connectivity index (χ0) is 26.4. The van der Waals surface area contributed by atoms with Crippen LogP contribution in [0.25, 0.3) is 0 Å². The fraction of sp³-hybridized carbons (Fsp3) is 0.417. The number of nitrogens with two attached hydrogens (primary N) is 1. The number of carbonyl (C=O) groups excluding carboxylic acids is 1. The molecule has 37 heavy (non-hydrogen) atoms. The lowest BCUT2D eigenvalue weighted by Crippen LogP contribution is -2.38. The van der Waals surface area contributed by atoms with E-state index in [0.717, 1.165) is 6.07 Å². The highest BCUT2D eigenvalue weighted by Crippen LogP contribution is 2.66. The number of aliphatic imine (C=N–C) groups is 1. The Hall–Kier alpha value is -3.45. The summed E-state index contributed by atoms with van der Waals surface area (Å²) in [6, 6.07) is 2.49. The molecule has 0 saturated heterocycles. The summed E-state index contributed by atoms with van der Waals surface area (Å²) < 4.78 is 45.2. The molecule has 194 valence electrons. The topological polar surface area (TPSA) is 139 Å². The van der Waals surface area contributed by atoms with Gasteiger partial charge >= 0.3 is 0 Å². The molecule has 2 aliphatic rings. The quantitative estimate of drug-likeness (QED) is 0.411. The molecular formula is C24H24F2N6O4S. The van der Waals surface area contributed by atoms with Gasteiger partial charge in [-0.05, 0) is 38.0 Å². The van der Waals surface area contributed by atoms with Crippen molar-refractivity contribution in [3.05, 3.63) is 64.7 Å². The number of ether oxygens (including phenoxy) is 2. The highest BCUT2D eigenvalue weighted by molar-refractivity contribution is 8.15. The summed E-state index contributed by atoms with van der Waals surface area (Å²) in [5, 5.41) is 3.96. The van der Waals surface area contributed by atoms with Crippen LogP contribution in [0.2, 0.25) is 0 Å². The molecule has 0 amide bonds. The Morgan fingerprint density at radius 2 is 2.11 bits per heavy atom. The van der Waals surface area contributed by atoms with Gasteiger partial charge < -0.3 is 19.7 Å². The highest BCUT2D eigenvalue weighted by Gasteiger charge is 2.66. The lowest BCUT2D eigenvalue weighted by molar-refractivity contribution is 0.0987. The molecule has 2 aromatic heterocycles. The Kier molecular flexibility index (Phi) is 6.44. The molecule has 1 saturated carbocycles. The van der Waals surface area contributed by atoms with Crippen molar-refractivity contribution in [2.45, 2.75) is 43.6 Å². The lowest BCUT2D eigenvalue weighted by Gasteiger charge is -2.34. The van der Waals surface area contributed by atoms with Gasteiger partial charge in [0.05, 0.1) is 29.3 Å². The van der Waals surface area contributed by atoms with Gasteiger partial charge in [-0.1, -0.05) is 16.9 Å². The molecule has 10 nitrogen and oxygen atoms in total. The van der Waals surface area contributed by atoms with E-state index in [1.165, 1.54) is 30.2 Å². The Labute approximate surface area is 215 Å². The Morgan fingerprint density at radius 1 is 1.30 bits per heavy atom. The number of rotatable bonds is 9. The van der Waals surface area contributed by atoms with Crippen LogP contribution >= 0.6 is 11.8 Å². The summed E-state index contributed by atoms with van der Waals surface area (Å²) >= 11 is 1.41. The smallest absolute Gasteiger partial charge is 0.264 e. The van der Waals surface area contributed by atoms with Crippen LogP contribution in [0, 0.1) is 24.5 Å². The normalized spacial score (nSPS) is 24.4. The second-order valence-corrected chi connectivity index (χ2v) is 10.7. The van der Waals surface area contributed by atoms with Crippen molar-refractivity contribution in [1.82, 2.24) is 20.1 Å². The number of halogens is 2. The third-order valence-corrected chi connectivity index (χ3v) is 7.84. The molecule has 3 aromatic rings. The highest BCUT2D eigenvalue weighted by atomic mass is 32.2. The van der Waals surface area contributed by atoms with Gasteiger partial charge in [0.25, 0.3) is 5.89 Å². The van der Waals surface area contributed by atoms with Gasteiger partial charge in [-0.15, -0.1) is 0 Å². The van der Waals surface area contributed by atoms with Crippen LogP contribution in [0.1, 0.15) is 46.7 Å². The zero-order valence-electron chi connectivity index (χ0n) is 20.3. The fourth-order valence-corrected chi connectivity index (χ4v) is 6.24. The number of amidine groups is 1. The number of hydrogen-bond donors (Lipinski definition) is 1. The van der Waals surface area contributed by atoms with E-state index >= 15 is 4.39 Å². The number of ketones is 1. The standard InChI is InChI=1S/C24H24F2N6O4S/c1-12-30-20(36-32-12)10-35-19-9-28-16(8-29-19)17(33)6-13-4-14(21(26)15(25)5-13)23(2)18-7-24(18,11-34-3)37-22(27)31-23/h4-5,8-9,18H,6-7,10-11H2,1-3H3,(H2,27,31)/t18-,23+,24+/m0/s1. The first-order chi connectivity index (χ1) is 17.6. The number of Topliss-reactive ketones (excluding diaryl/α,β-unsaturated/α-hetero) is 1. The van der Waals surface area contributed by atoms with Crippen molar-refractivity contribution < 1.29 is 27.6 Å². The first-order valence-corrected chi connectivity index (χ1v) is 12.2. The zero-order valence-corrected chi connectivity index (χ0v) is 21.1. The minimum absolute atomic E-state index is 0.00260. The van der Waals surface area contributed by atoms with Crippen molar-refractivity contribution in [2.75, 3.05) is 13.7 Å². The van der Waals surface area contributed by atoms with Crippen molar-refractivity contribution in [3.63, 3.8) is 0 Å². The predicted octanol–water partition coefficient (Wildman–Crippen LogP) is 3.13. The van der Waals surface area contributed by atoms with E-state index in [4.69, 9.17) is 19.7 Å². The number of aryl methyl sites for hydroxylation is 1. The Bertz CT molecular complexity index is 1380. The van der Waals surface area contributed by atoms with Gasteiger partial charge in [-0.25, -0.2) is 18.7 Å². The number of aromatic nitrogens is 4. The van der Waals surface area contributed by atoms with Crippen LogP contribution < -0.4 is 10.5 Å². The van der Waals surface area contributed by atoms with Gasteiger partial charge in [0.2, 0.25) is 5.88 Å². The molecule has 1 aliphatic carbocycles. The molecule has 1 fully saturated rings. The average Bonchev–Trinajstić information content (AvgIpc) is 3.42. The first-order valence-electron chi connectivity index (χ1n) is 11.4. The molecule has 0 unspecified atom stereocenters. The third kappa shape index (κ3) is 4.80. The predicted molar refractivity (Wildman–Crippen MR) is 129 cm³/mol. The van der Waals surface area contributed by atoms with E-state index < -0.39 is 23.0 Å². The van der Waals surface area contributed by atoms with Crippen LogP contribution in [0.15, 0.2) is 34.0 Å². The molecule has 5 rings (SSSR count). The van der Waals surface area contributed by atoms with Crippen molar-refractivity contribution in [2.24, 2.45) is 16.6 Å². The van der Waals surface area contributed by atoms with E-state index in [-0.39, 0.29) is 46.7 Å². The second kappa shape index (κ2) is 9.45. The Morgan fingerprint density at radius 3 is 2.78 bits per heavy atom. The SMILES string of the molecule is COC[C@]12C[C@H]1[C@@](C)(c1cc(CC(=O)c3cnc(OCc4nc(C)no4)cn3)cc(F)c1F)N=C(N)S2. The summed E-state index contributed by atoms with van der Waals surface area (Å²) in [5.41, 5.74) is 5.40. The van der Waals surface area contributed by atoms with Crippen LogP contribution in [0.5, 0.6) is 5.88 Å². The van der Waals surface area contributed by atoms with E-state index in [2.05, 4.69) is 25.1 Å². The van der Waals surface area contributed by atoms with E-state index in [9.17, 15) is 9.18 Å². The largest absolute Gasteiger partial charge is 0.466 e. The fourth-order valence-electron chi connectivity index (χ4n) is 4.79. The number of thioether (sulfide) groups is 1. The number of nitrogens with zero attached hydrogens (tertiary/aromatic N) is 5. The van der Waals surface area contributed by atoms with Gasteiger partial charge in [0.1, 0.15) is 5.69 Å². The maximum absolute atomic E-state index is 15.1. The molecule has 1 aliphatic heterocycles. The summed E-state index contributed by atoms with van der Waals surface area (Å²) in [6.07, 6.45) is 3.03. The first kappa shape index (κ1) is 25.2. The number of fused-ring (bicyclic) bond motifs is 1. The van der Waals surface area contributed by atoms with Gasteiger partial charge in [-0.3, -0.25) is 9.79 Å². The number of carbonyl (C=O) groups is 1. The summed E-state index contributed by atoms with van der Waals surface area (Å²) in [7, 11) is 1.59. The summed E-state index contributed by atoms with van der Waals surface area (Å²) in [6.45, 7) is 3.84. The molecule has 1 aromatic carbocycles. The monoisotopic (exact) mass is 530 g/mol. The summed E-state index contributed by atoms with van der Waals surface area (Å²) in [5.74, 6) is -1.66. The molecule has 0 spiro atoms.